The monoisotopic (exact) mass is 738 g/mol. The van der Waals surface area contributed by atoms with E-state index in [2.05, 4.69) is 54.5 Å². The van der Waals surface area contributed by atoms with Gasteiger partial charge in [-0.05, 0) is 84.0 Å². The largest absolute Gasteiger partial charge is 0.463 e. The molecule has 3 saturated carbocycles. The fourth-order valence-corrected chi connectivity index (χ4v) is 12.5. The second kappa shape index (κ2) is 14.6. The Kier molecular flexibility index (Phi) is 11.2. The van der Waals surface area contributed by atoms with Crippen LogP contribution in [0.2, 0.25) is 0 Å². The average Bonchev–Trinajstić information content (AvgIpc) is 3.12. The van der Waals surface area contributed by atoms with Crippen molar-refractivity contribution in [2.75, 3.05) is 40.1 Å². The Bertz CT molecular complexity index is 1530. The zero-order valence-corrected chi connectivity index (χ0v) is 33.7. The number of ether oxygens (including phenoxy) is 5. The van der Waals surface area contributed by atoms with Gasteiger partial charge in [-0.2, -0.15) is 0 Å². The molecule has 1 aromatic rings. The number of methoxy groups -OCH3 is 1. The van der Waals surface area contributed by atoms with Gasteiger partial charge in [0.25, 0.3) is 0 Å². The lowest BCUT2D eigenvalue weighted by Gasteiger charge is -2.71. The van der Waals surface area contributed by atoms with Gasteiger partial charge in [-0.15, -0.1) is 0 Å². The van der Waals surface area contributed by atoms with Crippen LogP contribution in [0.5, 0.6) is 0 Å². The first-order chi connectivity index (χ1) is 24.9. The molecule has 2 bridgehead atoms. The molecule has 9 nitrogen and oxygen atoms in total. The smallest absolute Gasteiger partial charge is 0.310 e. The highest BCUT2D eigenvalue weighted by Crippen LogP contribution is 2.75. The molecule has 0 aromatic heterocycles. The number of benzene rings is 1. The molecule has 0 amide bonds. The van der Waals surface area contributed by atoms with Crippen molar-refractivity contribution in [3.05, 3.63) is 47.5 Å². The van der Waals surface area contributed by atoms with Crippen LogP contribution >= 0.6 is 0 Å². The summed E-state index contributed by atoms with van der Waals surface area (Å²) in [5.74, 6) is 0.443. The Morgan fingerprint density at radius 2 is 1.70 bits per heavy atom. The van der Waals surface area contributed by atoms with Gasteiger partial charge in [0.2, 0.25) is 0 Å². The van der Waals surface area contributed by atoms with Crippen LogP contribution in [0, 0.1) is 56.7 Å². The highest BCUT2D eigenvalue weighted by Gasteiger charge is 2.72. The summed E-state index contributed by atoms with van der Waals surface area (Å²) in [6, 6.07) is 10.0. The zero-order valence-electron chi connectivity index (χ0n) is 33.7. The SMILES string of the molecule is CO[C@@H]1C[C@@]23COC[C@](C)([C@@H]2CC[C@H]2C3=CC[C@@]3(C)[C@H](C(=O)OCc4ccccc4)[C@@](C)([C@H](C)C(C)C)CC[C@]23C)[C@H]1OCC(O)(CO)COC(C)=O. The van der Waals surface area contributed by atoms with Crippen molar-refractivity contribution in [1.29, 1.82) is 0 Å². The molecule has 1 aliphatic heterocycles. The molecular weight excluding hydrogens is 672 g/mol. The first-order valence-electron chi connectivity index (χ1n) is 20.0. The number of aliphatic hydroxyl groups is 2. The van der Waals surface area contributed by atoms with E-state index < -0.39 is 29.7 Å². The Balaban J connectivity index is 1.35. The summed E-state index contributed by atoms with van der Waals surface area (Å²) in [4.78, 5) is 26.2. The van der Waals surface area contributed by atoms with Gasteiger partial charge < -0.3 is 33.9 Å². The molecule has 0 radical (unpaired) electrons. The number of carbonyl (C=O) groups is 2. The van der Waals surface area contributed by atoms with E-state index >= 15 is 0 Å². The molecule has 6 rings (SSSR count). The molecule has 12 atom stereocenters. The minimum Gasteiger partial charge on any atom is -0.463 e. The van der Waals surface area contributed by atoms with Crippen LogP contribution in [0.4, 0.5) is 0 Å². The maximum Gasteiger partial charge on any atom is 0.310 e. The van der Waals surface area contributed by atoms with Gasteiger partial charge in [0.05, 0.1) is 44.6 Å². The molecule has 5 aliphatic rings. The van der Waals surface area contributed by atoms with Crippen LogP contribution in [-0.2, 0) is 39.9 Å². The summed E-state index contributed by atoms with van der Waals surface area (Å²) in [5, 5.41) is 21.2. The van der Waals surface area contributed by atoms with Gasteiger partial charge in [0, 0.05) is 24.9 Å². The number of aliphatic hydroxyl groups excluding tert-OH is 1. The molecule has 9 heteroatoms. The maximum atomic E-state index is 14.7. The van der Waals surface area contributed by atoms with Crippen LogP contribution in [0.1, 0.15) is 99.5 Å². The zero-order chi connectivity index (χ0) is 38.6. The topological polar surface area (TPSA) is 121 Å². The lowest BCUT2D eigenvalue weighted by molar-refractivity contribution is -0.276. The Hall–Kier alpha value is -2.30. The van der Waals surface area contributed by atoms with Gasteiger partial charge in [-0.3, -0.25) is 9.59 Å². The summed E-state index contributed by atoms with van der Waals surface area (Å²) in [6.07, 6.45) is 7.36. The predicted molar refractivity (Wildman–Crippen MR) is 201 cm³/mol. The summed E-state index contributed by atoms with van der Waals surface area (Å²) in [6.45, 7) is 17.9. The van der Waals surface area contributed by atoms with Crippen LogP contribution in [0.15, 0.2) is 42.0 Å². The predicted octanol–water partition coefficient (Wildman–Crippen LogP) is 6.92. The van der Waals surface area contributed by atoms with E-state index in [1.165, 1.54) is 12.5 Å². The van der Waals surface area contributed by atoms with Crippen LogP contribution in [0.3, 0.4) is 0 Å². The first kappa shape index (κ1) is 40.4. The highest BCUT2D eigenvalue weighted by molar-refractivity contribution is 5.75. The molecular formula is C44H66O9. The quantitative estimate of drug-likeness (QED) is 0.174. The third-order valence-corrected chi connectivity index (χ3v) is 16.0. The molecule has 0 spiro atoms. The molecule has 1 unspecified atom stereocenters. The van der Waals surface area contributed by atoms with Crippen LogP contribution in [-0.4, -0.2) is 80.1 Å². The Labute approximate surface area is 317 Å². The molecule has 1 aromatic carbocycles. The fraction of sp³-hybridized carbons (Fsp3) is 0.773. The average molecular weight is 739 g/mol. The summed E-state index contributed by atoms with van der Waals surface area (Å²) < 4.78 is 30.8. The minimum absolute atomic E-state index is 0.0665. The maximum absolute atomic E-state index is 14.7. The molecule has 1 heterocycles. The summed E-state index contributed by atoms with van der Waals surface area (Å²) in [7, 11) is 1.73. The van der Waals surface area contributed by atoms with Crippen LogP contribution < -0.4 is 0 Å². The number of rotatable bonds is 12. The van der Waals surface area contributed by atoms with E-state index in [0.717, 1.165) is 44.1 Å². The second-order valence-electron chi connectivity index (χ2n) is 19.0. The third kappa shape index (κ3) is 6.52. The molecule has 2 N–H and O–H groups in total. The number of allylic oxidation sites excluding steroid dienone is 1. The molecule has 4 fully saturated rings. The van der Waals surface area contributed by atoms with E-state index in [9.17, 15) is 19.8 Å². The van der Waals surface area contributed by atoms with Crippen molar-refractivity contribution >= 4 is 11.9 Å². The van der Waals surface area contributed by atoms with E-state index in [0.29, 0.717) is 25.0 Å². The molecule has 53 heavy (non-hydrogen) atoms. The lowest BCUT2D eigenvalue weighted by Crippen LogP contribution is -2.70. The lowest BCUT2D eigenvalue weighted by atomic mass is 9.34. The van der Waals surface area contributed by atoms with Crippen LogP contribution in [0.25, 0.3) is 0 Å². The van der Waals surface area contributed by atoms with Gasteiger partial charge in [0.15, 0.2) is 0 Å². The standard InChI is InChI=1S/C44H66O9/c1-28(2)29(3)39(5)19-20-41(7)32-15-16-35-40(6)24-50-27-44(35,21-34(49-9)37(40)53-26-43(48,23-45)25-52-30(4)46)33(32)17-18-42(41,8)36(39)38(47)51-22-31-13-11-10-12-14-31/h10-14,17,28-29,32,34-37,45,48H,15-16,18-27H2,1-9H3/t29-,32+,34-,35+,36-,37+,39-,40-,41-,42+,43?,44+/m1/s1. The molecule has 4 aliphatic carbocycles. The van der Waals surface area contributed by atoms with Crippen molar-refractivity contribution in [3.63, 3.8) is 0 Å². The fourth-order valence-electron chi connectivity index (χ4n) is 12.5. The van der Waals surface area contributed by atoms with Crippen molar-refractivity contribution < 1.29 is 43.5 Å². The van der Waals surface area contributed by atoms with Crippen molar-refractivity contribution in [2.45, 2.75) is 118 Å². The van der Waals surface area contributed by atoms with Gasteiger partial charge in [-0.1, -0.05) is 90.4 Å². The molecule has 296 valence electrons. The number of esters is 2. The van der Waals surface area contributed by atoms with Gasteiger partial charge in [-0.25, -0.2) is 0 Å². The normalized spacial score (nSPS) is 40.8. The number of fused-ring (bicyclic) bond motifs is 3. The van der Waals surface area contributed by atoms with Crippen molar-refractivity contribution in [3.8, 4) is 0 Å². The summed E-state index contributed by atoms with van der Waals surface area (Å²) in [5.41, 5.74) is -0.596. The van der Waals surface area contributed by atoms with E-state index in [1.807, 2.05) is 30.3 Å². The van der Waals surface area contributed by atoms with Gasteiger partial charge >= 0.3 is 11.9 Å². The van der Waals surface area contributed by atoms with E-state index in [1.54, 1.807) is 7.11 Å². The third-order valence-electron chi connectivity index (χ3n) is 16.0. The Morgan fingerprint density at radius 1 is 0.981 bits per heavy atom. The number of hydrogen-bond donors (Lipinski definition) is 2. The van der Waals surface area contributed by atoms with Crippen molar-refractivity contribution in [1.82, 2.24) is 0 Å². The second-order valence-corrected chi connectivity index (χ2v) is 19.0. The van der Waals surface area contributed by atoms with Crippen molar-refractivity contribution in [2.24, 2.45) is 56.7 Å². The minimum atomic E-state index is -1.73. The molecule has 1 saturated heterocycles. The number of hydrogen-bond acceptors (Lipinski definition) is 9. The first-order valence-corrected chi connectivity index (χ1v) is 20.0. The number of carbonyl (C=O) groups excluding carboxylic acids is 2. The summed E-state index contributed by atoms with van der Waals surface area (Å²) >= 11 is 0. The van der Waals surface area contributed by atoms with Gasteiger partial charge in [0.1, 0.15) is 18.8 Å². The Morgan fingerprint density at radius 3 is 2.34 bits per heavy atom. The van der Waals surface area contributed by atoms with E-state index in [-0.39, 0.29) is 71.3 Å². The van der Waals surface area contributed by atoms with E-state index in [4.69, 9.17) is 23.7 Å². The highest BCUT2D eigenvalue weighted by atomic mass is 16.6.